The molecule has 6 nitrogen and oxygen atoms in total. The van der Waals surface area contributed by atoms with Crippen LogP contribution in [0.2, 0.25) is 0 Å². The van der Waals surface area contributed by atoms with Crippen LogP contribution in [0.1, 0.15) is 53.4 Å². The van der Waals surface area contributed by atoms with E-state index in [-0.39, 0.29) is 24.5 Å². The summed E-state index contributed by atoms with van der Waals surface area (Å²) in [5.41, 5.74) is 4.14. The summed E-state index contributed by atoms with van der Waals surface area (Å²) >= 11 is 0. The number of carbonyl (C=O) groups is 2. The number of aryl methyl sites for hydroxylation is 2. The Hall–Kier alpha value is -3.41. The van der Waals surface area contributed by atoms with Crippen LogP contribution in [-0.4, -0.2) is 18.4 Å². The topological polar surface area (TPSA) is 85.6 Å². The molecular formula is C25H27NO5. The number of fused-ring (bicyclic) bond motifs is 1. The normalized spacial score (nSPS) is 11.4. The minimum absolute atomic E-state index is 0.00507. The number of nitrogens with one attached hydrogen (secondary N) is 1. The van der Waals surface area contributed by atoms with E-state index in [1.54, 1.807) is 18.2 Å². The second kappa shape index (κ2) is 8.76. The summed E-state index contributed by atoms with van der Waals surface area (Å²) in [6.45, 7) is 9.83. The van der Waals surface area contributed by atoms with Gasteiger partial charge < -0.3 is 14.5 Å². The van der Waals surface area contributed by atoms with Crippen molar-refractivity contribution in [3.8, 4) is 0 Å². The van der Waals surface area contributed by atoms with Crippen molar-refractivity contribution in [1.82, 2.24) is 5.32 Å². The number of benzene rings is 2. The van der Waals surface area contributed by atoms with Gasteiger partial charge in [0.2, 0.25) is 0 Å². The van der Waals surface area contributed by atoms with Crippen LogP contribution in [0.4, 0.5) is 0 Å². The molecule has 0 aliphatic heterocycles. The van der Waals surface area contributed by atoms with Crippen molar-refractivity contribution in [2.75, 3.05) is 6.54 Å². The molecule has 2 aromatic carbocycles. The fourth-order valence-electron chi connectivity index (χ4n) is 3.19. The molecule has 3 rings (SSSR count). The van der Waals surface area contributed by atoms with Crippen LogP contribution >= 0.6 is 0 Å². The second-order valence-corrected chi connectivity index (χ2v) is 8.69. The van der Waals surface area contributed by atoms with E-state index in [1.807, 2.05) is 32.0 Å². The summed E-state index contributed by atoms with van der Waals surface area (Å²) < 4.78 is 10.5. The molecule has 1 aromatic heterocycles. The molecule has 0 spiro atoms. The average Bonchev–Trinajstić information content (AvgIpc) is 2.71. The largest absolute Gasteiger partial charge is 0.459 e. The summed E-state index contributed by atoms with van der Waals surface area (Å²) in [5, 5.41) is 3.29. The molecule has 162 valence electrons. The molecule has 3 aromatic rings. The summed E-state index contributed by atoms with van der Waals surface area (Å²) in [5.74, 6) is -0.945. The zero-order chi connectivity index (χ0) is 22.8. The van der Waals surface area contributed by atoms with Crippen molar-refractivity contribution in [1.29, 1.82) is 0 Å². The molecule has 0 radical (unpaired) electrons. The molecule has 6 heteroatoms. The number of rotatable bonds is 5. The van der Waals surface area contributed by atoms with Crippen molar-refractivity contribution in [3.05, 3.63) is 80.7 Å². The van der Waals surface area contributed by atoms with Gasteiger partial charge in [0.15, 0.2) is 0 Å². The maximum absolute atomic E-state index is 12.3. The van der Waals surface area contributed by atoms with Gasteiger partial charge in [-0.05, 0) is 60.2 Å². The van der Waals surface area contributed by atoms with Crippen molar-refractivity contribution >= 4 is 22.8 Å². The first-order valence-corrected chi connectivity index (χ1v) is 10.1. The van der Waals surface area contributed by atoms with Gasteiger partial charge in [-0.15, -0.1) is 0 Å². The van der Waals surface area contributed by atoms with E-state index in [0.717, 1.165) is 22.1 Å². The highest BCUT2D eigenvalue weighted by Crippen LogP contribution is 2.23. The Bertz CT molecular complexity index is 1180. The van der Waals surface area contributed by atoms with Gasteiger partial charge in [0, 0.05) is 22.6 Å². The van der Waals surface area contributed by atoms with Gasteiger partial charge in [-0.25, -0.2) is 4.79 Å². The SMILES string of the molecule is Cc1cc2oc(=O)cc(COC(=O)CNC(=O)c3ccc(C(C)(C)C)cc3)c2cc1C. The monoisotopic (exact) mass is 421 g/mol. The third kappa shape index (κ3) is 5.40. The van der Waals surface area contributed by atoms with Gasteiger partial charge in [0.05, 0.1) is 0 Å². The lowest BCUT2D eigenvalue weighted by Crippen LogP contribution is -2.30. The van der Waals surface area contributed by atoms with E-state index in [9.17, 15) is 14.4 Å². The van der Waals surface area contributed by atoms with Crippen LogP contribution in [0.5, 0.6) is 0 Å². The van der Waals surface area contributed by atoms with E-state index in [4.69, 9.17) is 9.15 Å². The van der Waals surface area contributed by atoms with Gasteiger partial charge in [-0.3, -0.25) is 9.59 Å². The van der Waals surface area contributed by atoms with Crippen LogP contribution in [0.15, 0.2) is 51.7 Å². The Kier molecular flexibility index (Phi) is 6.29. The van der Waals surface area contributed by atoms with Crippen molar-refractivity contribution < 1.29 is 18.7 Å². The van der Waals surface area contributed by atoms with E-state index in [1.165, 1.54) is 6.07 Å². The number of ether oxygens (including phenoxy) is 1. The van der Waals surface area contributed by atoms with Gasteiger partial charge >= 0.3 is 11.6 Å². The predicted molar refractivity (Wildman–Crippen MR) is 119 cm³/mol. The summed E-state index contributed by atoms with van der Waals surface area (Å²) in [6.07, 6.45) is 0. The van der Waals surface area contributed by atoms with E-state index in [2.05, 4.69) is 26.1 Å². The number of amides is 1. The average molecular weight is 421 g/mol. The Labute approximate surface area is 181 Å². The standard InChI is InChI=1S/C25H27NO5/c1-15-10-20-18(12-22(27)31-21(20)11-16(15)2)14-30-23(28)13-26-24(29)17-6-8-19(9-7-17)25(3,4)5/h6-12H,13-14H2,1-5H3,(H,26,29). The van der Waals surface area contributed by atoms with Crippen molar-refractivity contribution in [2.45, 2.75) is 46.6 Å². The molecule has 0 saturated heterocycles. The number of esters is 1. The molecule has 1 amide bonds. The smallest absolute Gasteiger partial charge is 0.336 e. The molecule has 1 N–H and O–H groups in total. The van der Waals surface area contributed by atoms with Crippen LogP contribution in [0.3, 0.4) is 0 Å². The lowest BCUT2D eigenvalue weighted by Gasteiger charge is -2.19. The number of carbonyl (C=O) groups excluding carboxylic acids is 2. The maximum Gasteiger partial charge on any atom is 0.336 e. The van der Waals surface area contributed by atoms with E-state index < -0.39 is 11.6 Å². The zero-order valence-electron chi connectivity index (χ0n) is 18.5. The quantitative estimate of drug-likeness (QED) is 0.493. The first-order chi connectivity index (χ1) is 14.5. The minimum Gasteiger partial charge on any atom is -0.459 e. The predicted octanol–water partition coefficient (Wildman–Crippen LogP) is 4.18. The second-order valence-electron chi connectivity index (χ2n) is 8.69. The molecule has 0 bridgehead atoms. The van der Waals surface area contributed by atoms with Crippen LogP contribution < -0.4 is 10.9 Å². The highest BCUT2D eigenvalue weighted by atomic mass is 16.5. The third-order valence-electron chi connectivity index (χ3n) is 5.24. The van der Waals surface area contributed by atoms with Gasteiger partial charge in [0.25, 0.3) is 5.91 Å². The number of hydrogen-bond acceptors (Lipinski definition) is 5. The molecule has 1 heterocycles. The lowest BCUT2D eigenvalue weighted by molar-refractivity contribution is -0.143. The summed E-state index contributed by atoms with van der Waals surface area (Å²) in [4.78, 5) is 36.3. The Balaban J connectivity index is 1.61. The molecule has 0 fully saturated rings. The van der Waals surface area contributed by atoms with Crippen LogP contribution in [0, 0.1) is 13.8 Å². The minimum atomic E-state index is -0.593. The van der Waals surface area contributed by atoms with Crippen LogP contribution in [0.25, 0.3) is 11.0 Å². The van der Waals surface area contributed by atoms with Gasteiger partial charge in [-0.2, -0.15) is 0 Å². The molecule has 0 saturated carbocycles. The highest BCUT2D eigenvalue weighted by molar-refractivity contribution is 5.96. The zero-order valence-corrected chi connectivity index (χ0v) is 18.5. The van der Waals surface area contributed by atoms with Crippen molar-refractivity contribution in [3.63, 3.8) is 0 Å². The number of hydrogen-bond donors (Lipinski definition) is 1. The molecule has 0 atom stereocenters. The first kappa shape index (κ1) is 22.3. The Morgan fingerprint density at radius 2 is 1.65 bits per heavy atom. The van der Waals surface area contributed by atoms with Crippen LogP contribution in [-0.2, 0) is 21.6 Å². The molecule has 0 aliphatic rings. The van der Waals surface area contributed by atoms with E-state index >= 15 is 0 Å². The third-order valence-corrected chi connectivity index (χ3v) is 5.24. The Morgan fingerprint density at radius 1 is 1.00 bits per heavy atom. The maximum atomic E-state index is 12.3. The lowest BCUT2D eigenvalue weighted by atomic mass is 9.87. The Morgan fingerprint density at radius 3 is 2.29 bits per heavy atom. The molecular weight excluding hydrogens is 394 g/mol. The van der Waals surface area contributed by atoms with Gasteiger partial charge in [-0.1, -0.05) is 32.9 Å². The van der Waals surface area contributed by atoms with E-state index in [0.29, 0.717) is 16.7 Å². The fourth-order valence-corrected chi connectivity index (χ4v) is 3.19. The molecule has 0 aliphatic carbocycles. The summed E-state index contributed by atoms with van der Waals surface area (Å²) in [6, 6.07) is 12.3. The van der Waals surface area contributed by atoms with Crippen molar-refractivity contribution in [2.24, 2.45) is 0 Å². The highest BCUT2D eigenvalue weighted by Gasteiger charge is 2.15. The van der Waals surface area contributed by atoms with Gasteiger partial charge in [0.1, 0.15) is 18.7 Å². The molecule has 0 unspecified atom stereocenters. The summed E-state index contributed by atoms with van der Waals surface area (Å²) in [7, 11) is 0. The molecule has 31 heavy (non-hydrogen) atoms. The first-order valence-electron chi connectivity index (χ1n) is 10.1. The fraction of sp³-hybridized carbons (Fsp3) is 0.320.